The number of unbranched alkanes of at least 4 members (excludes halogenated alkanes) is 16. The van der Waals surface area contributed by atoms with Crippen LogP contribution in [0.25, 0.3) is 0 Å². The Bertz CT molecular complexity index is 892. The second-order valence-electron chi connectivity index (χ2n) is 12.4. The molecule has 48 heavy (non-hydrogen) atoms. The van der Waals surface area contributed by atoms with E-state index in [1.54, 1.807) is 0 Å². The number of allylic oxidation sites excluding steroid dienone is 6. The molecule has 0 aromatic heterocycles. The average Bonchev–Trinajstić information content (AvgIpc) is 3.07. The lowest BCUT2D eigenvalue weighted by molar-refractivity contribution is -0.161. The molecule has 0 aromatic carbocycles. The van der Waals surface area contributed by atoms with Crippen LogP contribution in [0, 0.1) is 0 Å². The summed E-state index contributed by atoms with van der Waals surface area (Å²) in [4.78, 5) is 34.7. The second kappa shape index (κ2) is 35.1. The molecule has 1 unspecified atom stereocenters. The maximum absolute atomic E-state index is 12.5. The topological polar surface area (TPSA) is 134 Å². The Morgan fingerprint density at radius 3 is 1.71 bits per heavy atom. The number of nitrogens with two attached hydrogens (primary N) is 1. The highest BCUT2D eigenvalue weighted by Gasteiger charge is 2.25. The Morgan fingerprint density at radius 1 is 0.646 bits per heavy atom. The van der Waals surface area contributed by atoms with Gasteiger partial charge in [0.1, 0.15) is 6.61 Å². The van der Waals surface area contributed by atoms with Crippen molar-refractivity contribution in [3.05, 3.63) is 36.5 Å². The van der Waals surface area contributed by atoms with Crippen LogP contribution in [-0.2, 0) is 32.7 Å². The van der Waals surface area contributed by atoms with Crippen molar-refractivity contribution in [1.29, 1.82) is 0 Å². The Hall–Kier alpha value is -1.77. The van der Waals surface area contributed by atoms with Crippen molar-refractivity contribution in [2.75, 3.05) is 26.4 Å². The van der Waals surface area contributed by atoms with Crippen molar-refractivity contribution in [2.24, 2.45) is 5.73 Å². The summed E-state index contributed by atoms with van der Waals surface area (Å²) in [5, 5.41) is 0. The molecule has 280 valence electrons. The van der Waals surface area contributed by atoms with Gasteiger partial charge in [-0.3, -0.25) is 18.6 Å². The molecule has 9 nitrogen and oxygen atoms in total. The largest absolute Gasteiger partial charge is 0.472 e. The maximum Gasteiger partial charge on any atom is 0.472 e. The van der Waals surface area contributed by atoms with Gasteiger partial charge in [-0.1, -0.05) is 140 Å². The molecular weight excluding hydrogens is 629 g/mol. The van der Waals surface area contributed by atoms with E-state index in [-0.39, 0.29) is 38.6 Å². The lowest BCUT2D eigenvalue weighted by Crippen LogP contribution is -2.29. The molecule has 0 aliphatic rings. The number of hydrogen-bond acceptors (Lipinski definition) is 8. The third kappa shape index (κ3) is 34.1. The maximum atomic E-state index is 12.5. The van der Waals surface area contributed by atoms with Crippen LogP contribution in [0.1, 0.15) is 162 Å². The third-order valence-corrected chi connectivity index (χ3v) is 8.77. The van der Waals surface area contributed by atoms with Crippen LogP contribution in [0.15, 0.2) is 36.5 Å². The van der Waals surface area contributed by atoms with Gasteiger partial charge in [-0.2, -0.15) is 0 Å². The molecule has 0 amide bonds. The summed E-state index contributed by atoms with van der Waals surface area (Å²) in [6.07, 6.45) is 36.0. The normalized spacial score (nSPS) is 13.8. The van der Waals surface area contributed by atoms with Crippen LogP contribution in [0.4, 0.5) is 0 Å². The molecule has 10 heteroatoms. The predicted octanol–water partition coefficient (Wildman–Crippen LogP) is 10.2. The second-order valence-corrected chi connectivity index (χ2v) is 13.9. The molecule has 0 fully saturated rings. The molecule has 2 atom stereocenters. The van der Waals surface area contributed by atoms with Crippen molar-refractivity contribution < 1.29 is 37.6 Å². The van der Waals surface area contributed by atoms with E-state index < -0.39 is 26.5 Å². The van der Waals surface area contributed by atoms with Crippen LogP contribution in [0.2, 0.25) is 0 Å². The summed E-state index contributed by atoms with van der Waals surface area (Å²) in [7, 11) is -4.37. The lowest BCUT2D eigenvalue weighted by atomic mass is 10.0. The molecular formula is C38H70NO8P. The van der Waals surface area contributed by atoms with Crippen molar-refractivity contribution in [1.82, 2.24) is 0 Å². The number of carbonyl (C=O) groups is 2. The van der Waals surface area contributed by atoms with E-state index >= 15 is 0 Å². The molecule has 0 saturated heterocycles. The van der Waals surface area contributed by atoms with Crippen LogP contribution in [0.3, 0.4) is 0 Å². The number of carbonyl (C=O) groups excluding carboxylic acids is 2. The van der Waals surface area contributed by atoms with Crippen LogP contribution in [0.5, 0.6) is 0 Å². The summed E-state index contributed by atoms with van der Waals surface area (Å²) in [6, 6.07) is 0. The Balaban J connectivity index is 4.25. The Kier molecular flexibility index (Phi) is 33.8. The summed E-state index contributed by atoms with van der Waals surface area (Å²) in [5.74, 6) is -0.849. The standard InChI is InChI=1S/C38H70NO8P/c1-3-5-7-9-11-13-15-17-18-19-21-23-25-27-29-31-38(41)47-36(35-46-48(42,43)45-33-32-39)34-44-37(40)30-28-26-24-22-20-16-14-12-10-8-6-4-2/h5,7,11,13,17-18,36H,3-4,6,8-10,12,14-16,19-35,39H2,1-2H3,(H,42,43)/b7-5+,13-11+,18-17+/t36-/m1/s1. The molecule has 3 N–H and O–H groups in total. The number of ether oxygens (including phenoxy) is 2. The molecule has 0 rings (SSSR count). The first-order valence-electron chi connectivity index (χ1n) is 19.0. The number of phosphoric acid groups is 1. The number of rotatable bonds is 35. The first-order valence-corrected chi connectivity index (χ1v) is 20.5. The molecule has 0 bridgehead atoms. The van der Waals surface area contributed by atoms with Gasteiger partial charge >= 0.3 is 19.8 Å². The minimum absolute atomic E-state index is 0.0504. The van der Waals surface area contributed by atoms with Gasteiger partial charge < -0.3 is 20.1 Å². The zero-order chi connectivity index (χ0) is 35.4. The zero-order valence-corrected chi connectivity index (χ0v) is 31.4. The average molecular weight is 700 g/mol. The lowest BCUT2D eigenvalue weighted by Gasteiger charge is -2.19. The van der Waals surface area contributed by atoms with Crippen molar-refractivity contribution in [2.45, 2.75) is 168 Å². The minimum atomic E-state index is -4.37. The summed E-state index contributed by atoms with van der Waals surface area (Å²) >= 11 is 0. The molecule has 0 radical (unpaired) electrons. The van der Waals surface area contributed by atoms with Gasteiger partial charge in [-0.25, -0.2) is 4.57 Å². The monoisotopic (exact) mass is 699 g/mol. The summed E-state index contributed by atoms with van der Waals surface area (Å²) in [6.45, 7) is 3.58. The van der Waals surface area contributed by atoms with E-state index in [0.717, 1.165) is 70.6 Å². The molecule has 0 aromatic rings. The van der Waals surface area contributed by atoms with Crippen LogP contribution in [-0.4, -0.2) is 49.3 Å². The van der Waals surface area contributed by atoms with Gasteiger partial charge in [0.2, 0.25) is 0 Å². The molecule has 0 aliphatic heterocycles. The highest BCUT2D eigenvalue weighted by molar-refractivity contribution is 7.47. The third-order valence-electron chi connectivity index (χ3n) is 7.79. The highest BCUT2D eigenvalue weighted by Crippen LogP contribution is 2.43. The van der Waals surface area contributed by atoms with Gasteiger partial charge in [-0.15, -0.1) is 0 Å². The summed E-state index contributed by atoms with van der Waals surface area (Å²) < 4.78 is 32.6. The zero-order valence-electron chi connectivity index (χ0n) is 30.5. The molecule has 0 aliphatic carbocycles. The smallest absolute Gasteiger partial charge is 0.462 e. The number of esters is 2. The number of phosphoric ester groups is 1. The Morgan fingerprint density at radius 2 is 1.15 bits per heavy atom. The van der Waals surface area contributed by atoms with E-state index in [9.17, 15) is 19.0 Å². The first-order chi connectivity index (χ1) is 23.3. The van der Waals surface area contributed by atoms with Gasteiger partial charge in [0.15, 0.2) is 6.10 Å². The number of hydrogen-bond donors (Lipinski definition) is 2. The van der Waals surface area contributed by atoms with E-state index in [4.69, 9.17) is 24.3 Å². The van der Waals surface area contributed by atoms with Gasteiger partial charge in [0, 0.05) is 19.4 Å². The van der Waals surface area contributed by atoms with Crippen molar-refractivity contribution >= 4 is 19.8 Å². The SMILES string of the molecule is CC/C=C/C/C=C/C/C=C/CCCCCCCC(=O)O[C@H](COC(=O)CCCCCCCCCCCCCC)COP(=O)(O)OCCN. The quantitative estimate of drug-likeness (QED) is 0.0287. The molecule has 0 spiro atoms. The van der Waals surface area contributed by atoms with E-state index in [2.05, 4.69) is 50.3 Å². The molecule has 0 heterocycles. The highest BCUT2D eigenvalue weighted by atomic mass is 31.2. The fraction of sp³-hybridized carbons (Fsp3) is 0.789. The molecule has 0 saturated carbocycles. The van der Waals surface area contributed by atoms with Crippen molar-refractivity contribution in [3.63, 3.8) is 0 Å². The van der Waals surface area contributed by atoms with Crippen LogP contribution < -0.4 is 5.73 Å². The fourth-order valence-corrected chi connectivity index (χ4v) is 5.77. The van der Waals surface area contributed by atoms with E-state index in [1.807, 2.05) is 0 Å². The first kappa shape index (κ1) is 46.2. The van der Waals surface area contributed by atoms with Crippen LogP contribution >= 0.6 is 7.82 Å². The minimum Gasteiger partial charge on any atom is -0.462 e. The van der Waals surface area contributed by atoms with Gasteiger partial charge in [0.25, 0.3) is 0 Å². The van der Waals surface area contributed by atoms with Gasteiger partial charge in [-0.05, 0) is 44.9 Å². The fourth-order valence-electron chi connectivity index (χ4n) is 5.00. The predicted molar refractivity (Wildman–Crippen MR) is 197 cm³/mol. The van der Waals surface area contributed by atoms with Gasteiger partial charge in [0.05, 0.1) is 13.2 Å². The van der Waals surface area contributed by atoms with E-state index in [0.29, 0.717) is 6.42 Å². The summed E-state index contributed by atoms with van der Waals surface area (Å²) in [5.41, 5.74) is 5.33. The van der Waals surface area contributed by atoms with E-state index in [1.165, 1.54) is 57.8 Å². The van der Waals surface area contributed by atoms with Crippen molar-refractivity contribution in [3.8, 4) is 0 Å². The Labute approximate surface area is 293 Å².